The molecule has 0 heterocycles. The van der Waals surface area contributed by atoms with Crippen LogP contribution in [0.15, 0.2) is 60.7 Å². The number of benzene rings is 2. The maximum atomic E-state index is 11.7. The summed E-state index contributed by atoms with van der Waals surface area (Å²) in [6.45, 7) is 0.819. The lowest BCUT2D eigenvalue weighted by Crippen LogP contribution is -2.27. The van der Waals surface area contributed by atoms with Crippen molar-refractivity contribution in [1.29, 1.82) is 0 Å². The van der Waals surface area contributed by atoms with Crippen molar-refractivity contribution in [2.24, 2.45) is 0 Å². The second kappa shape index (κ2) is 8.76. The zero-order chi connectivity index (χ0) is 16.5. The van der Waals surface area contributed by atoms with Gasteiger partial charge in [-0.05, 0) is 29.3 Å². The number of amides is 1. The van der Waals surface area contributed by atoms with Gasteiger partial charge in [-0.1, -0.05) is 42.5 Å². The van der Waals surface area contributed by atoms with Crippen molar-refractivity contribution < 1.29 is 14.6 Å². The van der Waals surface area contributed by atoms with Crippen molar-refractivity contribution in [2.45, 2.75) is 6.61 Å². The highest BCUT2D eigenvalue weighted by Crippen LogP contribution is 2.15. The third-order valence-electron chi connectivity index (χ3n) is 3.36. The maximum Gasteiger partial charge on any atom is 0.246 e. The molecule has 0 saturated heterocycles. The van der Waals surface area contributed by atoms with E-state index in [1.54, 1.807) is 13.1 Å². The molecule has 0 radical (unpaired) electrons. The minimum absolute atomic E-state index is 0.0382. The molecule has 0 spiro atoms. The zero-order valence-corrected chi connectivity index (χ0v) is 13.2. The van der Waals surface area contributed by atoms with Gasteiger partial charge in [0.1, 0.15) is 12.4 Å². The Bertz CT molecular complexity index is 635. The number of likely N-dealkylation sites (N-methyl/N-ethyl adjacent to an activating group) is 1. The monoisotopic (exact) mass is 311 g/mol. The van der Waals surface area contributed by atoms with Gasteiger partial charge in [-0.25, -0.2) is 0 Å². The summed E-state index contributed by atoms with van der Waals surface area (Å²) < 4.78 is 5.72. The highest BCUT2D eigenvalue weighted by atomic mass is 16.5. The summed E-state index contributed by atoms with van der Waals surface area (Å²) in [5.74, 6) is 0.651. The molecule has 2 aromatic carbocycles. The first kappa shape index (κ1) is 16.8. The quantitative estimate of drug-likeness (QED) is 0.800. The lowest BCUT2D eigenvalue weighted by Gasteiger charge is -2.12. The Morgan fingerprint density at radius 2 is 1.83 bits per heavy atom. The summed E-state index contributed by atoms with van der Waals surface area (Å²) in [6.07, 6.45) is 3.24. The van der Waals surface area contributed by atoms with E-state index >= 15 is 0 Å². The van der Waals surface area contributed by atoms with Crippen LogP contribution in [0.25, 0.3) is 6.08 Å². The lowest BCUT2D eigenvalue weighted by molar-refractivity contribution is -0.125. The van der Waals surface area contributed by atoms with Gasteiger partial charge in [-0.3, -0.25) is 4.79 Å². The molecule has 0 aliphatic carbocycles. The molecule has 0 aromatic heterocycles. The van der Waals surface area contributed by atoms with Gasteiger partial charge in [-0.15, -0.1) is 0 Å². The fourth-order valence-corrected chi connectivity index (χ4v) is 1.97. The lowest BCUT2D eigenvalue weighted by atomic mass is 10.2. The molecule has 2 aromatic rings. The molecule has 0 saturated carbocycles. The molecular formula is C19H21NO3. The van der Waals surface area contributed by atoms with Crippen LogP contribution in [-0.4, -0.2) is 36.1 Å². The molecule has 0 fully saturated rings. The highest BCUT2D eigenvalue weighted by molar-refractivity contribution is 5.91. The van der Waals surface area contributed by atoms with Crippen LogP contribution >= 0.6 is 0 Å². The zero-order valence-electron chi connectivity index (χ0n) is 13.2. The maximum absolute atomic E-state index is 11.7. The predicted octanol–water partition coefficient (Wildman–Crippen LogP) is 2.73. The van der Waals surface area contributed by atoms with Crippen LogP contribution < -0.4 is 4.74 Å². The van der Waals surface area contributed by atoms with Gasteiger partial charge in [0.15, 0.2) is 0 Å². The number of hydrogen-bond donors (Lipinski definition) is 1. The molecule has 0 aliphatic rings. The Morgan fingerprint density at radius 1 is 1.13 bits per heavy atom. The third-order valence-corrected chi connectivity index (χ3v) is 3.36. The summed E-state index contributed by atoms with van der Waals surface area (Å²) in [5, 5.41) is 8.80. The molecule has 4 heteroatoms. The summed E-state index contributed by atoms with van der Waals surface area (Å²) >= 11 is 0. The summed E-state index contributed by atoms with van der Waals surface area (Å²) in [7, 11) is 1.66. The van der Waals surface area contributed by atoms with E-state index in [-0.39, 0.29) is 12.5 Å². The molecule has 2 rings (SSSR count). The first-order valence-electron chi connectivity index (χ1n) is 7.50. The van der Waals surface area contributed by atoms with Gasteiger partial charge in [0.25, 0.3) is 0 Å². The van der Waals surface area contributed by atoms with Gasteiger partial charge in [-0.2, -0.15) is 0 Å². The van der Waals surface area contributed by atoms with E-state index in [2.05, 4.69) is 0 Å². The second-order valence-electron chi connectivity index (χ2n) is 5.16. The molecule has 0 atom stereocenters. The molecule has 1 amide bonds. The normalized spacial score (nSPS) is 10.7. The number of carbonyl (C=O) groups excluding carboxylic acids is 1. The van der Waals surface area contributed by atoms with Gasteiger partial charge in [0.05, 0.1) is 6.61 Å². The van der Waals surface area contributed by atoms with Crippen molar-refractivity contribution in [3.63, 3.8) is 0 Å². The Balaban J connectivity index is 1.88. The van der Waals surface area contributed by atoms with Crippen molar-refractivity contribution >= 4 is 12.0 Å². The number of carbonyl (C=O) groups is 1. The molecule has 0 bridgehead atoms. The average Bonchev–Trinajstić information content (AvgIpc) is 2.60. The summed E-state index contributed by atoms with van der Waals surface area (Å²) in [5.41, 5.74) is 2.04. The van der Waals surface area contributed by atoms with Crippen LogP contribution in [-0.2, 0) is 11.4 Å². The van der Waals surface area contributed by atoms with E-state index in [1.165, 1.54) is 11.0 Å². The third kappa shape index (κ3) is 5.60. The molecule has 4 nitrogen and oxygen atoms in total. The average molecular weight is 311 g/mol. The van der Waals surface area contributed by atoms with Crippen LogP contribution in [0.4, 0.5) is 0 Å². The molecule has 120 valence electrons. The molecule has 0 unspecified atom stereocenters. The SMILES string of the molecule is CN(CCO)C(=O)/C=C/c1ccc(OCc2ccccc2)cc1. The molecular weight excluding hydrogens is 290 g/mol. The van der Waals surface area contributed by atoms with Gasteiger partial charge >= 0.3 is 0 Å². The minimum atomic E-state index is -0.136. The van der Waals surface area contributed by atoms with E-state index in [4.69, 9.17) is 9.84 Å². The Morgan fingerprint density at radius 3 is 2.48 bits per heavy atom. The van der Waals surface area contributed by atoms with Gasteiger partial charge in [0.2, 0.25) is 5.91 Å². The van der Waals surface area contributed by atoms with E-state index in [9.17, 15) is 4.79 Å². The van der Waals surface area contributed by atoms with Gasteiger partial charge in [0, 0.05) is 19.7 Å². The molecule has 0 aliphatic heterocycles. The van der Waals surface area contributed by atoms with Crippen LogP contribution in [0.1, 0.15) is 11.1 Å². The second-order valence-corrected chi connectivity index (χ2v) is 5.16. The number of ether oxygens (including phenoxy) is 1. The van der Waals surface area contributed by atoms with Gasteiger partial charge < -0.3 is 14.7 Å². The molecule has 1 N–H and O–H groups in total. The largest absolute Gasteiger partial charge is 0.489 e. The highest BCUT2D eigenvalue weighted by Gasteiger charge is 2.02. The van der Waals surface area contributed by atoms with Crippen LogP contribution in [0, 0.1) is 0 Å². The Hall–Kier alpha value is -2.59. The fourth-order valence-electron chi connectivity index (χ4n) is 1.97. The van der Waals surface area contributed by atoms with Crippen molar-refractivity contribution in [3.8, 4) is 5.75 Å². The summed E-state index contributed by atoms with van der Waals surface area (Å²) in [6, 6.07) is 17.5. The predicted molar refractivity (Wildman–Crippen MR) is 91.0 cm³/mol. The number of rotatable bonds is 7. The van der Waals surface area contributed by atoms with Crippen LogP contribution in [0.3, 0.4) is 0 Å². The van der Waals surface area contributed by atoms with Crippen LogP contribution in [0.5, 0.6) is 5.75 Å². The van der Waals surface area contributed by atoms with Crippen molar-refractivity contribution in [2.75, 3.05) is 20.2 Å². The minimum Gasteiger partial charge on any atom is -0.489 e. The fraction of sp³-hybridized carbons (Fsp3) is 0.211. The van der Waals surface area contributed by atoms with E-state index in [0.717, 1.165) is 16.9 Å². The van der Waals surface area contributed by atoms with E-state index in [1.807, 2.05) is 54.6 Å². The van der Waals surface area contributed by atoms with Crippen LogP contribution in [0.2, 0.25) is 0 Å². The Labute approximate surface area is 136 Å². The molecule has 23 heavy (non-hydrogen) atoms. The first-order valence-corrected chi connectivity index (χ1v) is 7.50. The Kier molecular flexibility index (Phi) is 6.39. The standard InChI is InChI=1S/C19H21NO3/c1-20(13-14-21)19(22)12-9-16-7-10-18(11-8-16)23-15-17-5-3-2-4-6-17/h2-12,21H,13-15H2,1H3/b12-9+. The summed E-state index contributed by atoms with van der Waals surface area (Å²) in [4.78, 5) is 13.2. The number of aliphatic hydroxyl groups excluding tert-OH is 1. The first-order chi connectivity index (χ1) is 11.2. The van der Waals surface area contributed by atoms with E-state index < -0.39 is 0 Å². The van der Waals surface area contributed by atoms with E-state index in [0.29, 0.717) is 13.2 Å². The van der Waals surface area contributed by atoms with Crippen molar-refractivity contribution in [1.82, 2.24) is 4.90 Å². The number of hydrogen-bond acceptors (Lipinski definition) is 3. The number of aliphatic hydroxyl groups is 1. The topological polar surface area (TPSA) is 49.8 Å². The van der Waals surface area contributed by atoms with Crippen molar-refractivity contribution in [3.05, 3.63) is 71.8 Å². The number of nitrogens with zero attached hydrogens (tertiary/aromatic N) is 1. The smallest absolute Gasteiger partial charge is 0.246 e.